The summed E-state index contributed by atoms with van der Waals surface area (Å²) < 4.78 is 15.0. The highest BCUT2D eigenvalue weighted by Crippen LogP contribution is 2.23. The number of halogens is 2. The molecule has 0 saturated heterocycles. The van der Waals surface area contributed by atoms with Gasteiger partial charge in [0.05, 0.1) is 22.1 Å². The van der Waals surface area contributed by atoms with Gasteiger partial charge in [-0.25, -0.2) is 13.9 Å². The first-order valence-corrected chi connectivity index (χ1v) is 6.66. The zero-order chi connectivity index (χ0) is 14.9. The Kier molecular flexibility index (Phi) is 4.09. The van der Waals surface area contributed by atoms with Crippen LogP contribution in [0.15, 0.2) is 18.2 Å². The molecule has 1 aromatic carbocycles. The second-order valence-corrected chi connectivity index (χ2v) is 4.70. The highest BCUT2D eigenvalue weighted by atomic mass is 35.5. The Morgan fingerprint density at radius 1 is 1.40 bits per heavy atom. The summed E-state index contributed by atoms with van der Waals surface area (Å²) in [5, 5.41) is 13.6. The number of carbonyl (C=O) groups is 1. The van der Waals surface area contributed by atoms with E-state index >= 15 is 0 Å². The molecular formula is C14H14ClFN2O2. The Bertz CT molecular complexity index is 667. The molecule has 1 N–H and O–H groups in total. The molecule has 106 valence electrons. The number of aryl methyl sites for hydroxylation is 1. The molecule has 0 radical (unpaired) electrons. The van der Waals surface area contributed by atoms with Gasteiger partial charge in [0, 0.05) is 6.07 Å². The molecule has 1 aromatic heterocycles. The molecule has 0 spiro atoms. The van der Waals surface area contributed by atoms with E-state index in [1.807, 2.05) is 13.8 Å². The SMILES string of the molecule is CCc1nn(-c2ccc(Cl)c(F)c2)c(CC)c1C(=O)O. The Morgan fingerprint density at radius 2 is 2.10 bits per heavy atom. The Labute approximate surface area is 120 Å². The van der Waals surface area contributed by atoms with Crippen molar-refractivity contribution >= 4 is 17.6 Å². The molecule has 0 atom stereocenters. The molecule has 20 heavy (non-hydrogen) atoms. The van der Waals surface area contributed by atoms with Gasteiger partial charge in [0.15, 0.2) is 0 Å². The summed E-state index contributed by atoms with van der Waals surface area (Å²) in [6.07, 6.45) is 0.983. The molecule has 0 unspecified atom stereocenters. The van der Waals surface area contributed by atoms with E-state index in [0.717, 1.165) is 0 Å². The van der Waals surface area contributed by atoms with Crippen molar-refractivity contribution in [2.45, 2.75) is 26.7 Å². The maximum Gasteiger partial charge on any atom is 0.339 e. The third-order valence-corrected chi connectivity index (χ3v) is 3.39. The van der Waals surface area contributed by atoms with E-state index in [9.17, 15) is 14.3 Å². The Hall–Kier alpha value is -1.88. The van der Waals surface area contributed by atoms with Gasteiger partial charge in [0.1, 0.15) is 11.4 Å². The van der Waals surface area contributed by atoms with Crippen LogP contribution in [-0.2, 0) is 12.8 Å². The minimum Gasteiger partial charge on any atom is -0.478 e. The number of aromatic carboxylic acids is 1. The van der Waals surface area contributed by atoms with Gasteiger partial charge in [0.25, 0.3) is 0 Å². The number of nitrogens with zero attached hydrogens (tertiary/aromatic N) is 2. The minimum absolute atomic E-state index is 0.0214. The second-order valence-electron chi connectivity index (χ2n) is 4.29. The number of hydrogen-bond donors (Lipinski definition) is 1. The Morgan fingerprint density at radius 3 is 2.60 bits per heavy atom. The summed E-state index contributed by atoms with van der Waals surface area (Å²) in [6, 6.07) is 4.29. The average molecular weight is 297 g/mol. The first-order chi connectivity index (χ1) is 9.49. The van der Waals surface area contributed by atoms with Crippen molar-refractivity contribution in [3.63, 3.8) is 0 Å². The largest absolute Gasteiger partial charge is 0.478 e. The lowest BCUT2D eigenvalue weighted by Crippen LogP contribution is -2.06. The predicted octanol–water partition coefficient (Wildman–Crippen LogP) is 3.49. The summed E-state index contributed by atoms with van der Waals surface area (Å²) in [5.74, 6) is -1.57. The molecule has 0 saturated carbocycles. The molecule has 0 aliphatic heterocycles. The molecule has 1 heterocycles. The minimum atomic E-state index is -1.01. The Balaban J connectivity index is 2.67. The number of aromatic nitrogens is 2. The van der Waals surface area contributed by atoms with Crippen LogP contribution in [-0.4, -0.2) is 20.9 Å². The number of benzene rings is 1. The molecule has 0 bridgehead atoms. The normalized spacial score (nSPS) is 10.8. The van der Waals surface area contributed by atoms with Gasteiger partial charge in [-0.05, 0) is 25.0 Å². The lowest BCUT2D eigenvalue weighted by atomic mass is 10.1. The summed E-state index contributed by atoms with van der Waals surface area (Å²) in [7, 11) is 0. The monoisotopic (exact) mass is 296 g/mol. The summed E-state index contributed by atoms with van der Waals surface area (Å²) in [6.45, 7) is 3.67. The fourth-order valence-electron chi connectivity index (χ4n) is 2.15. The van der Waals surface area contributed by atoms with Crippen LogP contribution in [0.5, 0.6) is 0 Å². The fourth-order valence-corrected chi connectivity index (χ4v) is 2.27. The van der Waals surface area contributed by atoms with E-state index < -0.39 is 11.8 Å². The maximum absolute atomic E-state index is 13.6. The number of rotatable bonds is 4. The van der Waals surface area contributed by atoms with Gasteiger partial charge in [0.2, 0.25) is 0 Å². The van der Waals surface area contributed by atoms with Gasteiger partial charge < -0.3 is 5.11 Å². The van der Waals surface area contributed by atoms with Crippen molar-refractivity contribution in [2.75, 3.05) is 0 Å². The van der Waals surface area contributed by atoms with Crippen molar-refractivity contribution in [1.29, 1.82) is 0 Å². The van der Waals surface area contributed by atoms with Crippen molar-refractivity contribution in [3.8, 4) is 5.69 Å². The van der Waals surface area contributed by atoms with E-state index in [0.29, 0.717) is 29.9 Å². The highest BCUT2D eigenvalue weighted by Gasteiger charge is 2.22. The number of hydrogen-bond acceptors (Lipinski definition) is 2. The average Bonchev–Trinajstić information content (AvgIpc) is 2.80. The molecular weight excluding hydrogens is 283 g/mol. The standard InChI is InChI=1S/C14H14ClFN2O2/c1-3-11-13(14(19)20)12(4-2)18(17-11)8-5-6-9(15)10(16)7-8/h5-7H,3-4H2,1-2H3,(H,19,20). The predicted molar refractivity (Wildman–Crippen MR) is 74.2 cm³/mol. The zero-order valence-electron chi connectivity index (χ0n) is 11.2. The molecule has 0 aliphatic rings. The quantitative estimate of drug-likeness (QED) is 0.939. The highest BCUT2D eigenvalue weighted by molar-refractivity contribution is 6.30. The van der Waals surface area contributed by atoms with Gasteiger partial charge in [-0.3, -0.25) is 0 Å². The van der Waals surface area contributed by atoms with Gasteiger partial charge in [-0.1, -0.05) is 25.4 Å². The first kappa shape index (κ1) is 14.5. The molecule has 0 fully saturated rings. The molecule has 4 nitrogen and oxygen atoms in total. The zero-order valence-corrected chi connectivity index (χ0v) is 11.9. The summed E-state index contributed by atoms with van der Waals surface area (Å²) >= 11 is 5.66. The van der Waals surface area contributed by atoms with Crippen molar-refractivity contribution in [1.82, 2.24) is 9.78 Å². The maximum atomic E-state index is 13.6. The number of carboxylic acid groups (broad SMARTS) is 1. The van der Waals surface area contributed by atoms with Crippen LogP contribution >= 0.6 is 11.6 Å². The third-order valence-electron chi connectivity index (χ3n) is 3.08. The van der Waals surface area contributed by atoms with Crippen LogP contribution in [0.4, 0.5) is 4.39 Å². The molecule has 6 heteroatoms. The van der Waals surface area contributed by atoms with E-state index in [2.05, 4.69) is 5.10 Å². The number of carboxylic acids is 1. The summed E-state index contributed by atoms with van der Waals surface area (Å²) in [5.41, 5.74) is 1.71. The summed E-state index contributed by atoms with van der Waals surface area (Å²) in [4.78, 5) is 11.4. The van der Waals surface area contributed by atoms with E-state index in [-0.39, 0.29) is 10.6 Å². The lowest BCUT2D eigenvalue weighted by molar-refractivity contribution is 0.0694. The molecule has 2 rings (SSSR count). The van der Waals surface area contributed by atoms with Crippen LogP contribution in [0.25, 0.3) is 5.69 Å². The van der Waals surface area contributed by atoms with Crippen LogP contribution in [0.3, 0.4) is 0 Å². The second kappa shape index (κ2) is 5.63. The molecule has 0 amide bonds. The lowest BCUT2D eigenvalue weighted by Gasteiger charge is -2.07. The van der Waals surface area contributed by atoms with Crippen LogP contribution in [0.1, 0.15) is 35.6 Å². The fraction of sp³-hybridized carbons (Fsp3) is 0.286. The van der Waals surface area contributed by atoms with Gasteiger partial charge >= 0.3 is 5.97 Å². The smallest absolute Gasteiger partial charge is 0.339 e. The molecule has 0 aliphatic carbocycles. The van der Waals surface area contributed by atoms with Crippen molar-refractivity contribution in [2.24, 2.45) is 0 Å². The third kappa shape index (κ3) is 2.41. The van der Waals surface area contributed by atoms with Gasteiger partial charge in [-0.2, -0.15) is 5.10 Å². The molecule has 2 aromatic rings. The van der Waals surface area contributed by atoms with Crippen molar-refractivity contribution < 1.29 is 14.3 Å². The topological polar surface area (TPSA) is 55.1 Å². The van der Waals surface area contributed by atoms with E-state index in [1.165, 1.54) is 16.8 Å². The van der Waals surface area contributed by atoms with Gasteiger partial charge in [-0.15, -0.1) is 0 Å². The van der Waals surface area contributed by atoms with Crippen LogP contribution in [0.2, 0.25) is 5.02 Å². The van der Waals surface area contributed by atoms with E-state index in [4.69, 9.17) is 11.6 Å². The van der Waals surface area contributed by atoms with Crippen molar-refractivity contribution in [3.05, 3.63) is 46.0 Å². The first-order valence-electron chi connectivity index (χ1n) is 6.29. The van der Waals surface area contributed by atoms with E-state index in [1.54, 1.807) is 6.07 Å². The van der Waals surface area contributed by atoms with Crippen LogP contribution < -0.4 is 0 Å². The van der Waals surface area contributed by atoms with Crippen LogP contribution in [0, 0.1) is 5.82 Å².